The molecule has 3 N–H and O–H groups in total. The molecule has 0 atom stereocenters. The molecule has 0 aromatic carbocycles. The quantitative estimate of drug-likeness (QED) is 0.795. The molecule has 0 aliphatic carbocycles. The van der Waals surface area contributed by atoms with Gasteiger partial charge in [0.05, 0.1) is 12.8 Å². The van der Waals surface area contributed by atoms with Crippen molar-refractivity contribution in [2.24, 2.45) is 0 Å². The van der Waals surface area contributed by atoms with Gasteiger partial charge in [0.15, 0.2) is 5.82 Å². The summed E-state index contributed by atoms with van der Waals surface area (Å²) in [4.78, 5) is 3.97. The summed E-state index contributed by atoms with van der Waals surface area (Å²) in [5.41, 5.74) is 6.00. The largest absolute Gasteiger partial charge is 0.411 e. The number of nitrogens with zero attached hydrogens (tertiary/aromatic N) is 3. The van der Waals surface area contributed by atoms with E-state index < -0.39 is 12.8 Å². The maximum absolute atomic E-state index is 11.8. The van der Waals surface area contributed by atoms with Crippen molar-refractivity contribution >= 4 is 5.82 Å². The van der Waals surface area contributed by atoms with Crippen molar-refractivity contribution in [3.8, 4) is 11.5 Å². The number of hydrogen-bond acceptors (Lipinski definition) is 6. The van der Waals surface area contributed by atoms with Gasteiger partial charge in [-0.1, -0.05) is 5.16 Å². The third-order valence-corrected chi connectivity index (χ3v) is 2.10. The van der Waals surface area contributed by atoms with Crippen LogP contribution in [0.3, 0.4) is 0 Å². The van der Waals surface area contributed by atoms with Gasteiger partial charge < -0.3 is 15.0 Å². The molecule has 104 valence electrons. The molecule has 0 radical (unpaired) electrons. The number of hydrogen-bond donors (Lipinski definition) is 2. The molecule has 0 spiro atoms. The van der Waals surface area contributed by atoms with Crippen LogP contribution in [-0.4, -0.2) is 39.7 Å². The normalized spacial score (nSPS) is 11.9. The smallest absolute Gasteiger partial charge is 0.383 e. The molecule has 0 unspecified atom stereocenters. The Hall–Kier alpha value is -2.10. The molecule has 0 aliphatic heterocycles. The molecule has 0 amide bonds. The number of anilines is 1. The average Bonchev–Trinajstić information content (AvgIpc) is 2.91. The second-order valence-corrected chi connectivity index (χ2v) is 3.63. The van der Waals surface area contributed by atoms with Crippen LogP contribution in [0.25, 0.3) is 11.5 Å². The van der Waals surface area contributed by atoms with E-state index in [-0.39, 0.29) is 30.6 Å². The number of ether oxygens (including phenoxy) is 1. The van der Waals surface area contributed by atoms with Gasteiger partial charge in [-0.25, -0.2) is 0 Å². The number of halogens is 3. The van der Waals surface area contributed by atoms with Gasteiger partial charge in [-0.15, -0.1) is 0 Å². The van der Waals surface area contributed by atoms with Gasteiger partial charge in [0.1, 0.15) is 18.0 Å². The van der Waals surface area contributed by atoms with E-state index in [0.29, 0.717) is 5.56 Å². The molecule has 7 nitrogen and oxygen atoms in total. The Kier molecular flexibility index (Phi) is 3.69. The van der Waals surface area contributed by atoms with Crippen molar-refractivity contribution in [2.45, 2.75) is 12.6 Å². The van der Waals surface area contributed by atoms with Gasteiger partial charge >= 0.3 is 6.18 Å². The van der Waals surface area contributed by atoms with E-state index in [9.17, 15) is 13.2 Å². The van der Waals surface area contributed by atoms with Crippen LogP contribution in [0.5, 0.6) is 0 Å². The van der Waals surface area contributed by atoms with Gasteiger partial charge in [0.25, 0.3) is 5.89 Å². The number of rotatable bonds is 5. The van der Waals surface area contributed by atoms with Gasteiger partial charge in [-0.2, -0.15) is 23.3 Å². The van der Waals surface area contributed by atoms with Crippen molar-refractivity contribution in [3.05, 3.63) is 12.0 Å². The number of nitrogens with one attached hydrogen (secondary N) is 1. The van der Waals surface area contributed by atoms with E-state index in [1.165, 1.54) is 6.20 Å². The van der Waals surface area contributed by atoms with E-state index in [1.807, 2.05) is 0 Å². The molecule has 0 aliphatic rings. The monoisotopic (exact) mass is 277 g/mol. The lowest BCUT2D eigenvalue weighted by Gasteiger charge is -2.05. The number of aromatic amines is 1. The first-order chi connectivity index (χ1) is 8.96. The molecule has 0 saturated carbocycles. The van der Waals surface area contributed by atoms with Gasteiger partial charge in [0, 0.05) is 6.42 Å². The minimum atomic E-state index is -4.34. The van der Waals surface area contributed by atoms with E-state index in [1.54, 1.807) is 0 Å². The highest BCUT2D eigenvalue weighted by atomic mass is 19.4. The highest BCUT2D eigenvalue weighted by Gasteiger charge is 2.27. The number of nitrogen functional groups attached to an aromatic ring is 1. The van der Waals surface area contributed by atoms with Crippen molar-refractivity contribution in [1.29, 1.82) is 0 Å². The first-order valence-electron chi connectivity index (χ1n) is 5.22. The first-order valence-corrected chi connectivity index (χ1v) is 5.22. The zero-order chi connectivity index (χ0) is 13.9. The van der Waals surface area contributed by atoms with E-state index in [2.05, 4.69) is 25.1 Å². The summed E-state index contributed by atoms with van der Waals surface area (Å²) < 4.78 is 44.8. The van der Waals surface area contributed by atoms with Gasteiger partial charge in [0.2, 0.25) is 0 Å². The molecule has 19 heavy (non-hydrogen) atoms. The van der Waals surface area contributed by atoms with Crippen LogP contribution in [0.4, 0.5) is 19.0 Å². The summed E-state index contributed by atoms with van der Waals surface area (Å²) in [7, 11) is 0. The Morgan fingerprint density at radius 1 is 1.42 bits per heavy atom. The zero-order valence-electron chi connectivity index (χ0n) is 9.57. The molecule has 10 heteroatoms. The number of alkyl halides is 3. The molecule has 2 aromatic rings. The van der Waals surface area contributed by atoms with Crippen molar-refractivity contribution in [1.82, 2.24) is 20.3 Å². The summed E-state index contributed by atoms with van der Waals surface area (Å²) >= 11 is 0. The highest BCUT2D eigenvalue weighted by Crippen LogP contribution is 2.21. The van der Waals surface area contributed by atoms with Crippen LogP contribution >= 0.6 is 0 Å². The standard InChI is InChI=1S/C9H10F3N5O2/c10-9(11,12)4-18-2-1-6-15-8(19-17-6)5-3-14-16-7(5)13/h3H,1-2,4H2,(H3,13,14,16). The fourth-order valence-corrected chi connectivity index (χ4v) is 1.28. The van der Waals surface area contributed by atoms with Crippen molar-refractivity contribution in [3.63, 3.8) is 0 Å². The molecule has 0 bridgehead atoms. The Labute approximate surface area is 104 Å². The SMILES string of the molecule is Nc1[nH]ncc1-c1nc(CCOCC(F)(F)F)no1. The van der Waals surface area contributed by atoms with Crippen molar-refractivity contribution < 1.29 is 22.4 Å². The van der Waals surface area contributed by atoms with Gasteiger partial charge in [-0.05, 0) is 0 Å². The molecule has 0 fully saturated rings. The first kappa shape index (κ1) is 13.3. The predicted octanol–water partition coefficient (Wildman–Crippen LogP) is 1.16. The third kappa shape index (κ3) is 3.68. The van der Waals surface area contributed by atoms with Crippen LogP contribution < -0.4 is 5.73 Å². The molecule has 2 rings (SSSR count). The minimum absolute atomic E-state index is 0.108. The maximum atomic E-state index is 11.8. The van der Waals surface area contributed by atoms with Crippen LogP contribution in [0, 0.1) is 0 Å². The summed E-state index contributed by atoms with van der Waals surface area (Å²) in [5.74, 6) is 0.651. The lowest BCUT2D eigenvalue weighted by atomic mass is 10.3. The minimum Gasteiger partial charge on any atom is -0.383 e. The lowest BCUT2D eigenvalue weighted by Crippen LogP contribution is -2.18. The Bertz CT molecular complexity index is 536. The Morgan fingerprint density at radius 3 is 2.84 bits per heavy atom. The lowest BCUT2D eigenvalue weighted by molar-refractivity contribution is -0.173. The van der Waals surface area contributed by atoms with Gasteiger partial charge in [-0.3, -0.25) is 5.10 Å². The topological polar surface area (TPSA) is 103 Å². The molecule has 2 aromatic heterocycles. The van der Waals surface area contributed by atoms with Crippen molar-refractivity contribution in [2.75, 3.05) is 18.9 Å². The summed E-state index contributed by atoms with van der Waals surface area (Å²) in [6.07, 6.45) is -2.82. The molecular formula is C9H10F3N5O2. The maximum Gasteiger partial charge on any atom is 0.411 e. The number of nitrogens with two attached hydrogens (primary N) is 1. The Morgan fingerprint density at radius 2 is 2.21 bits per heavy atom. The van der Waals surface area contributed by atoms with Crippen LogP contribution in [-0.2, 0) is 11.2 Å². The van der Waals surface area contributed by atoms with E-state index >= 15 is 0 Å². The van der Waals surface area contributed by atoms with Crippen LogP contribution in [0.15, 0.2) is 10.7 Å². The predicted molar refractivity (Wildman–Crippen MR) is 56.9 cm³/mol. The fourth-order valence-electron chi connectivity index (χ4n) is 1.28. The number of H-pyrrole nitrogens is 1. The number of aromatic nitrogens is 4. The highest BCUT2D eigenvalue weighted by molar-refractivity contribution is 5.65. The second kappa shape index (κ2) is 5.26. The van der Waals surface area contributed by atoms with E-state index in [4.69, 9.17) is 10.3 Å². The summed E-state index contributed by atoms with van der Waals surface area (Å²) in [6, 6.07) is 0. The fraction of sp³-hybridized carbons (Fsp3) is 0.444. The van der Waals surface area contributed by atoms with Crippen LogP contribution in [0.2, 0.25) is 0 Å². The molecule has 2 heterocycles. The van der Waals surface area contributed by atoms with Crippen LogP contribution in [0.1, 0.15) is 5.82 Å². The molecule has 0 saturated heterocycles. The second-order valence-electron chi connectivity index (χ2n) is 3.63. The summed E-state index contributed by atoms with van der Waals surface area (Å²) in [5, 5.41) is 9.78. The third-order valence-electron chi connectivity index (χ3n) is 2.10. The average molecular weight is 277 g/mol. The summed E-state index contributed by atoms with van der Waals surface area (Å²) in [6.45, 7) is -1.45. The molecular weight excluding hydrogens is 267 g/mol. The van der Waals surface area contributed by atoms with E-state index in [0.717, 1.165) is 0 Å². The zero-order valence-corrected chi connectivity index (χ0v) is 9.57. The Balaban J connectivity index is 1.87.